The average Bonchev–Trinajstić information content (AvgIpc) is 3.52. The van der Waals surface area contributed by atoms with E-state index in [0.717, 1.165) is 17.0 Å². The molecule has 1 aromatic heterocycles. The van der Waals surface area contributed by atoms with Crippen molar-refractivity contribution in [2.24, 2.45) is 5.10 Å². The first kappa shape index (κ1) is 21.3. The number of carbonyl (C=O) groups excluding carboxylic acids is 1. The molecular formula is C24H24N2O6. The maximum atomic E-state index is 13.2. The Morgan fingerprint density at radius 1 is 1.00 bits per heavy atom. The normalized spacial score (nSPS) is 15.3. The molecule has 0 N–H and O–H groups in total. The Bertz CT molecular complexity index is 1070. The van der Waals surface area contributed by atoms with Crippen molar-refractivity contribution in [1.29, 1.82) is 0 Å². The second kappa shape index (κ2) is 9.47. The molecule has 1 unspecified atom stereocenters. The SMILES string of the molecule is COc1ccc(C2=NN(C(=O)COc3c(OC)cccc3OC)C(c3ccco3)C2)cc1. The zero-order valence-electron chi connectivity index (χ0n) is 18.1. The number of hydrogen-bond acceptors (Lipinski definition) is 7. The molecule has 0 saturated heterocycles. The number of furan rings is 1. The average molecular weight is 436 g/mol. The van der Waals surface area contributed by atoms with Crippen LogP contribution in [0.15, 0.2) is 70.4 Å². The first-order chi connectivity index (χ1) is 15.6. The first-order valence-corrected chi connectivity index (χ1v) is 10.1. The minimum atomic E-state index is -0.363. The highest BCUT2D eigenvalue weighted by atomic mass is 16.5. The van der Waals surface area contributed by atoms with E-state index in [2.05, 4.69) is 5.10 Å². The highest BCUT2D eigenvalue weighted by Crippen LogP contribution is 2.37. The number of hydrazone groups is 1. The number of hydrogen-bond donors (Lipinski definition) is 0. The zero-order chi connectivity index (χ0) is 22.5. The van der Waals surface area contributed by atoms with E-state index in [9.17, 15) is 4.79 Å². The van der Waals surface area contributed by atoms with Crippen molar-refractivity contribution in [2.75, 3.05) is 27.9 Å². The van der Waals surface area contributed by atoms with Crippen molar-refractivity contribution in [2.45, 2.75) is 12.5 Å². The van der Waals surface area contributed by atoms with E-state index in [0.29, 0.717) is 29.4 Å². The number of nitrogens with zero attached hydrogens (tertiary/aromatic N) is 2. The van der Waals surface area contributed by atoms with Crippen LogP contribution in [-0.4, -0.2) is 44.6 Å². The van der Waals surface area contributed by atoms with Gasteiger partial charge in [-0.25, -0.2) is 5.01 Å². The van der Waals surface area contributed by atoms with Crippen LogP contribution >= 0.6 is 0 Å². The van der Waals surface area contributed by atoms with Crippen LogP contribution in [0.1, 0.15) is 23.8 Å². The van der Waals surface area contributed by atoms with Gasteiger partial charge in [0, 0.05) is 6.42 Å². The number of methoxy groups -OCH3 is 3. The maximum absolute atomic E-state index is 13.2. The third-order valence-corrected chi connectivity index (χ3v) is 5.18. The summed E-state index contributed by atoms with van der Waals surface area (Å²) in [6.07, 6.45) is 2.10. The number of ether oxygens (including phenoxy) is 4. The van der Waals surface area contributed by atoms with E-state index in [1.165, 1.54) is 19.2 Å². The molecule has 166 valence electrons. The van der Waals surface area contributed by atoms with E-state index in [1.54, 1.807) is 37.6 Å². The molecule has 32 heavy (non-hydrogen) atoms. The molecule has 2 aromatic carbocycles. The molecule has 4 rings (SSSR count). The second-order valence-electron chi connectivity index (χ2n) is 7.03. The van der Waals surface area contributed by atoms with Crippen LogP contribution in [-0.2, 0) is 4.79 Å². The summed E-state index contributed by atoms with van der Waals surface area (Å²) < 4.78 is 27.3. The molecule has 0 bridgehead atoms. The Balaban J connectivity index is 1.57. The van der Waals surface area contributed by atoms with Crippen molar-refractivity contribution in [3.63, 3.8) is 0 Å². The summed E-state index contributed by atoms with van der Waals surface area (Å²) in [5.41, 5.74) is 1.68. The molecule has 1 amide bonds. The van der Waals surface area contributed by atoms with Gasteiger partial charge in [0.05, 0.1) is 33.3 Å². The summed E-state index contributed by atoms with van der Waals surface area (Å²) in [6, 6.07) is 16.1. The molecule has 1 aliphatic heterocycles. The molecule has 3 aromatic rings. The fraction of sp³-hybridized carbons (Fsp3) is 0.250. The van der Waals surface area contributed by atoms with Crippen LogP contribution in [0.3, 0.4) is 0 Å². The van der Waals surface area contributed by atoms with Crippen molar-refractivity contribution < 1.29 is 28.2 Å². The van der Waals surface area contributed by atoms with Gasteiger partial charge >= 0.3 is 0 Å². The molecule has 0 aliphatic carbocycles. The molecule has 1 atom stereocenters. The molecule has 8 heteroatoms. The van der Waals surface area contributed by atoms with Gasteiger partial charge in [-0.3, -0.25) is 4.79 Å². The lowest BCUT2D eigenvalue weighted by molar-refractivity contribution is -0.135. The van der Waals surface area contributed by atoms with Gasteiger partial charge in [-0.2, -0.15) is 5.10 Å². The molecule has 0 radical (unpaired) electrons. The van der Waals surface area contributed by atoms with Crippen molar-refractivity contribution in [3.05, 3.63) is 72.2 Å². The minimum Gasteiger partial charge on any atom is -0.497 e. The third kappa shape index (κ3) is 4.25. The number of benzene rings is 2. The van der Waals surface area contributed by atoms with E-state index in [4.69, 9.17) is 23.4 Å². The molecule has 0 fully saturated rings. The Labute approximate surface area is 185 Å². The number of amides is 1. The lowest BCUT2D eigenvalue weighted by Crippen LogP contribution is -2.31. The first-order valence-electron chi connectivity index (χ1n) is 10.1. The van der Waals surface area contributed by atoms with Crippen molar-refractivity contribution >= 4 is 11.6 Å². The zero-order valence-corrected chi connectivity index (χ0v) is 18.1. The molecule has 1 aliphatic rings. The summed E-state index contributed by atoms with van der Waals surface area (Å²) in [4.78, 5) is 13.2. The van der Waals surface area contributed by atoms with E-state index in [1.807, 2.05) is 30.3 Å². The van der Waals surface area contributed by atoms with Gasteiger partial charge in [-0.1, -0.05) is 6.07 Å². The maximum Gasteiger partial charge on any atom is 0.281 e. The summed E-state index contributed by atoms with van der Waals surface area (Å²) in [7, 11) is 4.68. The van der Waals surface area contributed by atoms with Gasteiger partial charge in [0.2, 0.25) is 5.75 Å². The molecule has 0 spiro atoms. The van der Waals surface area contributed by atoms with Gasteiger partial charge in [0.15, 0.2) is 18.1 Å². The Kier molecular flexibility index (Phi) is 6.30. The lowest BCUT2D eigenvalue weighted by atomic mass is 10.0. The summed E-state index contributed by atoms with van der Waals surface area (Å²) >= 11 is 0. The van der Waals surface area contributed by atoms with Gasteiger partial charge in [-0.15, -0.1) is 0 Å². The van der Waals surface area contributed by atoms with Crippen molar-refractivity contribution in [1.82, 2.24) is 5.01 Å². The summed E-state index contributed by atoms with van der Waals surface area (Å²) in [5.74, 6) is 2.40. The van der Waals surface area contributed by atoms with E-state index < -0.39 is 0 Å². The van der Waals surface area contributed by atoms with Crippen LogP contribution in [0, 0.1) is 0 Å². The quantitative estimate of drug-likeness (QED) is 0.530. The minimum absolute atomic E-state index is 0.243. The van der Waals surface area contributed by atoms with Gasteiger partial charge < -0.3 is 23.4 Å². The molecule has 8 nitrogen and oxygen atoms in total. The molecular weight excluding hydrogens is 412 g/mol. The predicted octanol–water partition coefficient (Wildman–Crippen LogP) is 4.06. The molecule has 2 heterocycles. The number of carbonyl (C=O) groups is 1. The van der Waals surface area contributed by atoms with Crippen LogP contribution in [0.4, 0.5) is 0 Å². The van der Waals surface area contributed by atoms with Gasteiger partial charge in [-0.05, 0) is 54.1 Å². The number of para-hydroxylation sites is 1. The monoisotopic (exact) mass is 436 g/mol. The highest BCUT2D eigenvalue weighted by Gasteiger charge is 2.35. The Morgan fingerprint density at radius 3 is 2.31 bits per heavy atom. The van der Waals surface area contributed by atoms with Gasteiger partial charge in [0.25, 0.3) is 5.91 Å². The van der Waals surface area contributed by atoms with Crippen LogP contribution in [0.25, 0.3) is 0 Å². The van der Waals surface area contributed by atoms with Crippen LogP contribution in [0.5, 0.6) is 23.0 Å². The number of rotatable bonds is 8. The fourth-order valence-electron chi connectivity index (χ4n) is 3.56. The fourth-order valence-corrected chi connectivity index (χ4v) is 3.56. The largest absolute Gasteiger partial charge is 0.497 e. The standard InChI is InChI=1S/C24H24N2O6/c1-28-17-11-9-16(10-12-17)18-14-19(20-8-5-13-31-20)26(25-18)23(27)15-32-24-21(29-2)6-4-7-22(24)30-3/h4-13,19H,14-15H2,1-3H3. The lowest BCUT2D eigenvalue weighted by Gasteiger charge is -2.20. The second-order valence-corrected chi connectivity index (χ2v) is 7.03. The summed E-state index contributed by atoms with van der Waals surface area (Å²) in [5, 5.41) is 6.02. The predicted molar refractivity (Wildman–Crippen MR) is 117 cm³/mol. The summed E-state index contributed by atoms with van der Waals surface area (Å²) in [6.45, 7) is -0.243. The Hall–Kier alpha value is -3.94. The van der Waals surface area contributed by atoms with Crippen molar-refractivity contribution in [3.8, 4) is 23.0 Å². The van der Waals surface area contributed by atoms with Gasteiger partial charge in [0.1, 0.15) is 17.6 Å². The smallest absolute Gasteiger partial charge is 0.281 e. The van der Waals surface area contributed by atoms with E-state index >= 15 is 0 Å². The topological polar surface area (TPSA) is 82.7 Å². The third-order valence-electron chi connectivity index (χ3n) is 5.18. The van der Waals surface area contributed by atoms with E-state index in [-0.39, 0.29) is 18.6 Å². The Morgan fingerprint density at radius 2 is 1.72 bits per heavy atom. The molecule has 0 saturated carbocycles. The van der Waals surface area contributed by atoms with Crippen LogP contribution < -0.4 is 18.9 Å². The highest BCUT2D eigenvalue weighted by molar-refractivity contribution is 6.03. The van der Waals surface area contributed by atoms with Crippen LogP contribution in [0.2, 0.25) is 0 Å².